The van der Waals surface area contributed by atoms with Crippen molar-refractivity contribution in [1.82, 2.24) is 10.3 Å². The largest absolute Gasteiger partial charge is 0.373 e. The second-order valence-electron chi connectivity index (χ2n) is 5.68. The summed E-state index contributed by atoms with van der Waals surface area (Å²) < 4.78 is 0. The van der Waals surface area contributed by atoms with Gasteiger partial charge in [0.25, 0.3) is 5.91 Å². The molecule has 0 spiro atoms. The lowest BCUT2D eigenvalue weighted by Gasteiger charge is -2.13. The molecule has 0 fully saturated rings. The Morgan fingerprint density at radius 2 is 1.88 bits per heavy atom. The van der Waals surface area contributed by atoms with Crippen LogP contribution in [0.5, 0.6) is 5.75 Å². The van der Waals surface area contributed by atoms with Gasteiger partial charge in [0.15, 0.2) is 5.75 Å². The highest BCUT2D eigenvalue weighted by molar-refractivity contribution is 5.95. The van der Waals surface area contributed by atoms with Gasteiger partial charge in [0.05, 0.1) is 0 Å². The molecule has 1 atom stereocenters. The number of para-hydroxylation sites is 1. The van der Waals surface area contributed by atoms with Gasteiger partial charge in [0, 0.05) is 29.4 Å². The number of pyridine rings is 1. The Morgan fingerprint density at radius 1 is 1.08 bits per heavy atom. The number of aliphatic hydroxyl groups excluding tert-OH is 1. The van der Waals surface area contributed by atoms with Crippen molar-refractivity contribution in [1.29, 1.82) is 0 Å². The van der Waals surface area contributed by atoms with Gasteiger partial charge >= 0.3 is 0 Å². The molecule has 1 unspecified atom stereocenters. The van der Waals surface area contributed by atoms with Gasteiger partial charge in [-0.25, -0.2) is 5.26 Å². The van der Waals surface area contributed by atoms with Crippen molar-refractivity contribution >= 4 is 5.91 Å². The Kier molecular flexibility index (Phi) is 5.58. The number of nitrogens with one attached hydrogen (secondary N) is 1. The second kappa shape index (κ2) is 8.24. The zero-order valence-electron chi connectivity index (χ0n) is 13.9. The van der Waals surface area contributed by atoms with E-state index < -0.39 is 12.1 Å². The minimum absolute atomic E-state index is 0.216. The van der Waals surface area contributed by atoms with Crippen LogP contribution in [-0.4, -0.2) is 27.5 Å². The van der Waals surface area contributed by atoms with Crippen LogP contribution in [0.3, 0.4) is 0 Å². The summed E-state index contributed by atoms with van der Waals surface area (Å²) >= 11 is 0. The molecule has 6 nitrogen and oxygen atoms in total. The van der Waals surface area contributed by atoms with E-state index in [0.29, 0.717) is 28.1 Å². The molecule has 6 heteroatoms. The summed E-state index contributed by atoms with van der Waals surface area (Å²) in [5.74, 6) is -0.113. The first-order valence-electron chi connectivity index (χ1n) is 8.07. The average molecular weight is 350 g/mol. The topological polar surface area (TPSA) is 91.7 Å². The molecule has 0 bridgehead atoms. The molecule has 0 aliphatic heterocycles. The first kappa shape index (κ1) is 17.6. The zero-order chi connectivity index (χ0) is 18.4. The third kappa shape index (κ3) is 4.24. The van der Waals surface area contributed by atoms with Crippen molar-refractivity contribution in [3.8, 4) is 16.9 Å². The highest BCUT2D eigenvalue weighted by Gasteiger charge is 2.14. The Hall–Kier alpha value is -3.22. The lowest BCUT2D eigenvalue weighted by atomic mass is 10.0. The Morgan fingerprint density at radius 3 is 2.65 bits per heavy atom. The van der Waals surface area contributed by atoms with Gasteiger partial charge < -0.3 is 15.3 Å². The van der Waals surface area contributed by atoms with Crippen LogP contribution >= 0.6 is 0 Å². The summed E-state index contributed by atoms with van der Waals surface area (Å²) in [4.78, 5) is 20.9. The summed E-state index contributed by atoms with van der Waals surface area (Å²) in [6.07, 6.45) is 0.802. The third-order valence-corrected chi connectivity index (χ3v) is 3.85. The van der Waals surface area contributed by atoms with Crippen molar-refractivity contribution in [2.45, 2.75) is 12.6 Å². The standard InChI is InChI=1S/C20H18N2O4/c23-19(13-16-8-3-4-11-21-16)22-20(24)15-7-5-6-14(12-15)17-9-1-2-10-18(17)26-25/h1-12,19,23,25H,13H2,(H,22,24). The lowest BCUT2D eigenvalue weighted by molar-refractivity contribution is -0.137. The molecule has 0 saturated carbocycles. The van der Waals surface area contributed by atoms with Crippen molar-refractivity contribution in [3.05, 3.63) is 84.2 Å². The Balaban J connectivity index is 1.74. The first-order chi connectivity index (χ1) is 12.7. The number of hydrogen-bond donors (Lipinski definition) is 3. The van der Waals surface area contributed by atoms with E-state index in [9.17, 15) is 9.90 Å². The molecular formula is C20H18N2O4. The summed E-state index contributed by atoms with van der Waals surface area (Å²) in [6, 6.07) is 19.2. The fraction of sp³-hybridized carbons (Fsp3) is 0.100. The number of aliphatic hydroxyl groups is 1. The summed E-state index contributed by atoms with van der Waals surface area (Å²) in [5.41, 5.74) is 2.43. The fourth-order valence-corrected chi connectivity index (χ4v) is 2.62. The van der Waals surface area contributed by atoms with Gasteiger partial charge in [-0.3, -0.25) is 9.78 Å². The summed E-state index contributed by atoms with van der Waals surface area (Å²) in [7, 11) is 0. The van der Waals surface area contributed by atoms with Gasteiger partial charge in [0.1, 0.15) is 6.23 Å². The van der Waals surface area contributed by atoms with Crippen LogP contribution in [0.25, 0.3) is 11.1 Å². The first-order valence-corrected chi connectivity index (χ1v) is 8.07. The van der Waals surface area contributed by atoms with Crippen LogP contribution < -0.4 is 10.2 Å². The van der Waals surface area contributed by atoms with E-state index in [1.54, 1.807) is 66.9 Å². The van der Waals surface area contributed by atoms with Gasteiger partial charge in [-0.1, -0.05) is 36.4 Å². The number of carbonyl (C=O) groups excluding carboxylic acids is 1. The normalized spacial score (nSPS) is 11.6. The number of benzene rings is 2. The van der Waals surface area contributed by atoms with Crippen LogP contribution in [0.1, 0.15) is 16.1 Å². The number of carbonyl (C=O) groups is 1. The second-order valence-corrected chi connectivity index (χ2v) is 5.68. The van der Waals surface area contributed by atoms with Crippen molar-refractivity contribution in [2.24, 2.45) is 0 Å². The fourth-order valence-electron chi connectivity index (χ4n) is 2.62. The zero-order valence-corrected chi connectivity index (χ0v) is 13.9. The minimum Gasteiger partial charge on any atom is -0.373 e. The average Bonchev–Trinajstić information content (AvgIpc) is 2.68. The van der Waals surface area contributed by atoms with Crippen LogP contribution in [0.15, 0.2) is 72.9 Å². The molecule has 3 aromatic rings. The predicted octanol–water partition coefficient (Wildman–Crippen LogP) is 2.89. The van der Waals surface area contributed by atoms with Gasteiger partial charge in [-0.15, -0.1) is 0 Å². The van der Waals surface area contributed by atoms with Crippen LogP contribution in [-0.2, 0) is 6.42 Å². The number of amides is 1. The van der Waals surface area contributed by atoms with Crippen molar-refractivity contribution < 1.29 is 20.0 Å². The maximum absolute atomic E-state index is 12.4. The predicted molar refractivity (Wildman–Crippen MR) is 96.5 cm³/mol. The maximum atomic E-state index is 12.4. The molecular weight excluding hydrogens is 332 g/mol. The molecule has 132 valence electrons. The SMILES string of the molecule is O=C(NC(O)Cc1ccccn1)c1cccc(-c2ccccc2OO)c1. The smallest absolute Gasteiger partial charge is 0.253 e. The van der Waals surface area contributed by atoms with E-state index >= 15 is 0 Å². The number of nitrogens with zero attached hydrogens (tertiary/aromatic N) is 1. The Bertz CT molecular complexity index is 884. The van der Waals surface area contributed by atoms with E-state index in [-0.39, 0.29) is 6.42 Å². The molecule has 26 heavy (non-hydrogen) atoms. The molecule has 0 saturated heterocycles. The van der Waals surface area contributed by atoms with E-state index in [1.807, 2.05) is 6.07 Å². The van der Waals surface area contributed by atoms with E-state index in [1.165, 1.54) is 0 Å². The van der Waals surface area contributed by atoms with E-state index in [0.717, 1.165) is 0 Å². The number of aromatic nitrogens is 1. The molecule has 3 N–H and O–H groups in total. The quantitative estimate of drug-likeness (QED) is 0.361. The van der Waals surface area contributed by atoms with E-state index in [4.69, 9.17) is 5.26 Å². The minimum atomic E-state index is -1.05. The van der Waals surface area contributed by atoms with Crippen molar-refractivity contribution in [2.75, 3.05) is 0 Å². The van der Waals surface area contributed by atoms with Gasteiger partial charge in [-0.2, -0.15) is 0 Å². The molecule has 0 radical (unpaired) electrons. The van der Waals surface area contributed by atoms with Crippen LogP contribution in [0.2, 0.25) is 0 Å². The number of rotatable bonds is 6. The highest BCUT2D eigenvalue weighted by atomic mass is 17.1. The molecule has 0 aliphatic carbocycles. The molecule has 3 rings (SSSR count). The van der Waals surface area contributed by atoms with E-state index in [2.05, 4.69) is 15.2 Å². The molecule has 1 heterocycles. The summed E-state index contributed by atoms with van der Waals surface area (Å²) in [5, 5.41) is 21.6. The highest BCUT2D eigenvalue weighted by Crippen LogP contribution is 2.29. The summed E-state index contributed by atoms with van der Waals surface area (Å²) in [6.45, 7) is 0. The lowest BCUT2D eigenvalue weighted by Crippen LogP contribution is -2.36. The molecule has 1 amide bonds. The Labute approximate surface area is 150 Å². The molecule has 2 aromatic carbocycles. The van der Waals surface area contributed by atoms with Crippen LogP contribution in [0.4, 0.5) is 0 Å². The maximum Gasteiger partial charge on any atom is 0.253 e. The van der Waals surface area contributed by atoms with Gasteiger partial charge in [0.2, 0.25) is 0 Å². The molecule has 1 aromatic heterocycles. The monoisotopic (exact) mass is 350 g/mol. The number of hydrogen-bond acceptors (Lipinski definition) is 5. The molecule has 0 aliphatic rings. The van der Waals surface area contributed by atoms with Crippen molar-refractivity contribution in [3.63, 3.8) is 0 Å². The third-order valence-electron chi connectivity index (χ3n) is 3.85. The van der Waals surface area contributed by atoms with Gasteiger partial charge in [-0.05, 0) is 35.9 Å². The van der Waals surface area contributed by atoms with Crippen LogP contribution in [0, 0.1) is 0 Å².